The summed E-state index contributed by atoms with van der Waals surface area (Å²) >= 11 is 6.24. The van der Waals surface area contributed by atoms with Crippen LogP contribution in [0.1, 0.15) is 33.7 Å². The quantitative estimate of drug-likeness (QED) is 0.587. The van der Waals surface area contributed by atoms with Gasteiger partial charge in [-0.3, -0.25) is 9.59 Å². The summed E-state index contributed by atoms with van der Waals surface area (Å²) < 4.78 is 5.83. The first-order valence-electron chi connectivity index (χ1n) is 12.2. The second kappa shape index (κ2) is 7.91. The van der Waals surface area contributed by atoms with Crippen molar-refractivity contribution in [2.24, 2.45) is 29.6 Å². The zero-order valence-electron chi connectivity index (χ0n) is 19.1. The number of likely N-dealkylation sites (tertiary alicyclic amines) is 2. The van der Waals surface area contributed by atoms with Gasteiger partial charge in [-0.05, 0) is 60.6 Å². The van der Waals surface area contributed by atoms with Crippen LogP contribution in [0, 0.1) is 29.6 Å². The van der Waals surface area contributed by atoms with E-state index in [4.69, 9.17) is 16.3 Å². The number of carbonyl (C=O) groups is 2. The molecule has 4 heterocycles. The molecule has 0 radical (unpaired) electrons. The molecule has 180 valence electrons. The van der Waals surface area contributed by atoms with Crippen LogP contribution in [0.4, 0.5) is 0 Å². The number of rotatable bonds is 5. The number of amides is 2. The number of pyridine rings is 1. The molecule has 1 N–H and O–H groups in total. The van der Waals surface area contributed by atoms with E-state index < -0.39 is 0 Å². The normalized spacial score (nSPS) is 27.0. The van der Waals surface area contributed by atoms with E-state index in [0.29, 0.717) is 76.8 Å². The molecule has 2 aliphatic heterocycles. The summed E-state index contributed by atoms with van der Waals surface area (Å²) in [5.41, 5.74) is 2.47. The minimum absolute atomic E-state index is 0.0411. The van der Waals surface area contributed by atoms with E-state index in [1.165, 1.54) is 19.0 Å². The molecular formula is C25H25ClN6O3. The van der Waals surface area contributed by atoms with Gasteiger partial charge >= 0.3 is 0 Å². The maximum Gasteiger partial charge on any atom is 0.272 e. The monoisotopic (exact) mass is 492 g/mol. The molecule has 7 rings (SSSR count). The van der Waals surface area contributed by atoms with E-state index in [-0.39, 0.29) is 11.8 Å². The molecule has 0 spiro atoms. The Labute approximate surface area is 206 Å². The summed E-state index contributed by atoms with van der Waals surface area (Å²) in [6.45, 7) is 3.53. The third kappa shape index (κ3) is 3.55. The van der Waals surface area contributed by atoms with Crippen molar-refractivity contribution in [1.82, 2.24) is 30.2 Å². The van der Waals surface area contributed by atoms with E-state index >= 15 is 0 Å². The van der Waals surface area contributed by atoms with Gasteiger partial charge in [-0.15, -0.1) is 0 Å². The number of hydrogen-bond acceptors (Lipinski definition) is 6. The van der Waals surface area contributed by atoms with Crippen molar-refractivity contribution in [3.8, 4) is 5.75 Å². The zero-order chi connectivity index (χ0) is 23.7. The molecule has 2 aliphatic carbocycles. The number of nitrogens with one attached hydrogen (secondary N) is 1. The molecule has 1 aromatic carbocycles. The highest BCUT2D eigenvalue weighted by molar-refractivity contribution is 6.32. The summed E-state index contributed by atoms with van der Waals surface area (Å²) in [4.78, 5) is 34.5. The minimum Gasteiger partial charge on any atom is -0.492 e. The lowest BCUT2D eigenvalue weighted by molar-refractivity contribution is 0.0629. The highest BCUT2D eigenvalue weighted by Gasteiger charge is 2.59. The lowest BCUT2D eigenvalue weighted by Gasteiger charge is -2.42. The Hall–Kier alpha value is -3.20. The first kappa shape index (κ1) is 21.1. The van der Waals surface area contributed by atoms with Crippen LogP contribution in [0.25, 0.3) is 11.0 Å². The van der Waals surface area contributed by atoms with Crippen molar-refractivity contribution in [2.75, 3.05) is 32.8 Å². The predicted molar refractivity (Wildman–Crippen MR) is 127 cm³/mol. The van der Waals surface area contributed by atoms with Crippen molar-refractivity contribution in [3.63, 3.8) is 0 Å². The molecule has 2 aromatic heterocycles. The van der Waals surface area contributed by atoms with Crippen LogP contribution in [0.5, 0.6) is 5.75 Å². The average molecular weight is 493 g/mol. The smallest absolute Gasteiger partial charge is 0.272 e. The van der Waals surface area contributed by atoms with Crippen LogP contribution in [0.3, 0.4) is 0 Å². The van der Waals surface area contributed by atoms with Gasteiger partial charge in [-0.2, -0.15) is 15.4 Å². The number of aromatic amines is 1. The fourth-order valence-corrected chi connectivity index (χ4v) is 6.32. The van der Waals surface area contributed by atoms with Crippen molar-refractivity contribution >= 4 is 34.4 Å². The number of fused-ring (bicyclic) bond motifs is 5. The van der Waals surface area contributed by atoms with Crippen LogP contribution in [0.15, 0.2) is 30.5 Å². The molecule has 4 aliphatic rings. The highest BCUT2D eigenvalue weighted by Crippen LogP contribution is 2.54. The molecule has 4 atom stereocenters. The minimum atomic E-state index is -0.0701. The first-order chi connectivity index (χ1) is 17.0. The lowest BCUT2D eigenvalue weighted by Crippen LogP contribution is -2.44. The molecule has 4 fully saturated rings. The third-order valence-electron chi connectivity index (χ3n) is 8.27. The van der Waals surface area contributed by atoms with Crippen molar-refractivity contribution in [1.29, 1.82) is 0 Å². The fourth-order valence-electron chi connectivity index (χ4n) is 6.16. The number of H-pyrrole nitrogens is 1. The van der Waals surface area contributed by atoms with Crippen molar-refractivity contribution in [2.45, 2.75) is 12.8 Å². The number of aromatic nitrogens is 4. The number of carbonyl (C=O) groups excluding carboxylic acids is 2. The molecule has 2 amide bonds. The second-order valence-corrected chi connectivity index (χ2v) is 10.8. The lowest BCUT2D eigenvalue weighted by atomic mass is 9.60. The Balaban J connectivity index is 1.00. The molecule has 2 saturated carbocycles. The van der Waals surface area contributed by atoms with Gasteiger partial charge in [0, 0.05) is 37.8 Å². The predicted octanol–water partition coefficient (Wildman–Crippen LogP) is 2.89. The van der Waals surface area contributed by atoms with Gasteiger partial charge in [-0.25, -0.2) is 4.98 Å². The zero-order valence-corrected chi connectivity index (χ0v) is 19.8. The van der Waals surface area contributed by atoms with Crippen molar-refractivity contribution < 1.29 is 14.3 Å². The molecule has 9 nitrogen and oxygen atoms in total. The number of ether oxygens (including phenoxy) is 1. The van der Waals surface area contributed by atoms with E-state index in [1.54, 1.807) is 12.1 Å². The van der Waals surface area contributed by atoms with Crippen LogP contribution in [0.2, 0.25) is 5.02 Å². The Morgan fingerprint density at radius 1 is 0.943 bits per heavy atom. The Morgan fingerprint density at radius 3 is 2.29 bits per heavy atom. The van der Waals surface area contributed by atoms with Crippen molar-refractivity contribution in [3.05, 3.63) is 46.7 Å². The van der Waals surface area contributed by atoms with E-state index in [9.17, 15) is 9.59 Å². The molecule has 2 saturated heterocycles. The molecule has 3 aromatic rings. The molecule has 0 bridgehead atoms. The van der Waals surface area contributed by atoms with Gasteiger partial charge in [0.25, 0.3) is 11.8 Å². The SMILES string of the molecule is O=C(c1ccc2n[nH]nc2c1)N1C[C@@H]2[C@H](C1)[C@H]1CN(C(=O)c3cc(OCC4CC4)c(Cl)cn3)C[C@@H]21. The topological polar surface area (TPSA) is 104 Å². The largest absolute Gasteiger partial charge is 0.492 e. The Morgan fingerprint density at radius 2 is 1.60 bits per heavy atom. The molecule has 10 heteroatoms. The van der Waals surface area contributed by atoms with Gasteiger partial charge in [0.2, 0.25) is 0 Å². The van der Waals surface area contributed by atoms with Gasteiger partial charge < -0.3 is 14.5 Å². The summed E-state index contributed by atoms with van der Waals surface area (Å²) in [6.07, 6.45) is 3.89. The maximum atomic E-state index is 13.2. The van der Waals surface area contributed by atoms with Crippen LogP contribution >= 0.6 is 11.6 Å². The van der Waals surface area contributed by atoms with Gasteiger partial charge in [0.15, 0.2) is 0 Å². The number of benzene rings is 1. The standard InChI is InChI=1S/C25H25ClN6O3/c26-19-7-27-22(6-23(19)35-12-13-1-2-13)25(34)32-10-17-15-8-31(9-16(15)18(17)11-32)24(33)14-3-4-20-21(5-14)29-30-28-20/h3-7,13,15-18H,1-2,8-12H2,(H,28,29,30)/t15-,16+,17+,18-. The van der Waals surface area contributed by atoms with Gasteiger partial charge in [-0.1, -0.05) is 11.6 Å². The van der Waals surface area contributed by atoms with Gasteiger partial charge in [0.05, 0.1) is 12.8 Å². The van der Waals surface area contributed by atoms with Gasteiger partial charge in [0.1, 0.15) is 27.5 Å². The third-order valence-corrected chi connectivity index (χ3v) is 8.56. The van der Waals surface area contributed by atoms with Crippen LogP contribution in [-0.4, -0.2) is 74.8 Å². The fraction of sp³-hybridized carbons (Fsp3) is 0.480. The molecule has 0 unspecified atom stereocenters. The number of hydrogen-bond donors (Lipinski definition) is 1. The summed E-state index contributed by atoms with van der Waals surface area (Å²) in [6, 6.07) is 7.11. The maximum absolute atomic E-state index is 13.2. The number of halogens is 1. The van der Waals surface area contributed by atoms with E-state index in [2.05, 4.69) is 20.4 Å². The summed E-state index contributed by atoms with van der Waals surface area (Å²) in [5, 5.41) is 11.2. The number of nitrogens with zero attached hydrogens (tertiary/aromatic N) is 5. The average Bonchev–Trinajstić information content (AvgIpc) is 3.27. The summed E-state index contributed by atoms with van der Waals surface area (Å²) in [5.74, 6) is 2.84. The molecule has 35 heavy (non-hydrogen) atoms. The first-order valence-corrected chi connectivity index (χ1v) is 12.6. The Kier molecular flexibility index (Phi) is 4.77. The van der Waals surface area contributed by atoms with E-state index in [0.717, 1.165) is 18.6 Å². The second-order valence-electron chi connectivity index (χ2n) is 10.4. The van der Waals surface area contributed by atoms with Crippen LogP contribution in [-0.2, 0) is 0 Å². The van der Waals surface area contributed by atoms with E-state index in [1.807, 2.05) is 21.9 Å². The Bertz CT molecular complexity index is 1320. The highest BCUT2D eigenvalue weighted by atomic mass is 35.5. The van der Waals surface area contributed by atoms with Crippen LogP contribution < -0.4 is 4.74 Å². The summed E-state index contributed by atoms with van der Waals surface area (Å²) in [7, 11) is 0. The molecular weight excluding hydrogens is 468 g/mol.